The molecule has 0 aromatic carbocycles. The molecular weight excluding hydrogens is 733 g/mol. The number of hydrogen-bond donors (Lipinski definition) is 0. The lowest BCUT2D eigenvalue weighted by molar-refractivity contribution is -0.167. The molecule has 0 spiro atoms. The first-order valence-corrected chi connectivity index (χ1v) is 24.2. The van der Waals surface area contributed by atoms with Crippen molar-refractivity contribution in [2.45, 2.75) is 219 Å². The normalized spacial score (nSPS) is 12.8. The van der Waals surface area contributed by atoms with Crippen LogP contribution in [-0.2, 0) is 28.6 Å². The zero-order valence-corrected chi connectivity index (χ0v) is 38.2. The third kappa shape index (κ3) is 45.5. The van der Waals surface area contributed by atoms with Gasteiger partial charge in [-0.05, 0) is 89.9 Å². The van der Waals surface area contributed by atoms with Crippen LogP contribution in [0, 0.1) is 0 Å². The fourth-order valence-electron chi connectivity index (χ4n) is 6.25. The van der Waals surface area contributed by atoms with Crippen molar-refractivity contribution in [2.75, 3.05) is 13.2 Å². The summed E-state index contributed by atoms with van der Waals surface area (Å²) in [6.07, 6.45) is 59.9. The molecule has 0 aliphatic heterocycles. The fourth-order valence-corrected chi connectivity index (χ4v) is 6.25. The Morgan fingerprint density at radius 1 is 0.339 bits per heavy atom. The highest BCUT2D eigenvalue weighted by molar-refractivity contribution is 5.71. The maximum absolute atomic E-state index is 12.7. The zero-order valence-electron chi connectivity index (χ0n) is 38.2. The molecule has 0 radical (unpaired) electrons. The Hall–Kier alpha value is -3.41. The molecule has 59 heavy (non-hydrogen) atoms. The van der Waals surface area contributed by atoms with Crippen LogP contribution in [0.5, 0.6) is 0 Å². The number of esters is 3. The standard InChI is InChI=1S/C53H88O6/c1-4-7-10-13-16-19-22-24-25-26-27-28-29-32-34-37-40-43-46-52(55)58-49-50(48-57-51(54)45-42-39-36-33-30-21-18-15-12-9-6-3)59-53(56)47-44-41-38-35-31-23-20-17-14-11-8-5-2/h15-22,24-28,30,50H,4-14,23,29,31-49H2,1-3H3/b18-15-,19-16-,20-17-,24-22-,26-25-,28-27-,30-21-. The van der Waals surface area contributed by atoms with Crippen molar-refractivity contribution in [2.24, 2.45) is 0 Å². The summed E-state index contributed by atoms with van der Waals surface area (Å²) in [7, 11) is 0. The number of unbranched alkanes of at least 4 members (excludes halogenated alkanes) is 21. The van der Waals surface area contributed by atoms with Crippen LogP contribution in [-0.4, -0.2) is 37.2 Å². The predicted octanol–water partition coefficient (Wildman–Crippen LogP) is 15.6. The quantitative estimate of drug-likeness (QED) is 0.0201. The molecule has 0 rings (SSSR count). The second kappa shape index (κ2) is 47.3. The van der Waals surface area contributed by atoms with E-state index in [0.717, 1.165) is 109 Å². The van der Waals surface area contributed by atoms with E-state index < -0.39 is 6.10 Å². The van der Waals surface area contributed by atoms with Gasteiger partial charge in [-0.25, -0.2) is 0 Å². The SMILES string of the molecule is CCCC/C=C\C=C/CCCCCC(=O)OCC(COC(=O)CCCCCCC\C=C/C=C\C=C/C=C\CCCCC)OC(=O)CCCCCCC/C=C\CCCCC. The topological polar surface area (TPSA) is 78.9 Å². The van der Waals surface area contributed by atoms with Crippen molar-refractivity contribution in [1.29, 1.82) is 0 Å². The van der Waals surface area contributed by atoms with Gasteiger partial charge in [0.15, 0.2) is 6.10 Å². The molecule has 0 aromatic rings. The minimum absolute atomic E-state index is 0.102. The summed E-state index contributed by atoms with van der Waals surface area (Å²) in [5.74, 6) is -0.966. The van der Waals surface area contributed by atoms with Crippen LogP contribution < -0.4 is 0 Å². The first-order valence-electron chi connectivity index (χ1n) is 24.2. The summed E-state index contributed by atoms with van der Waals surface area (Å²) in [4.78, 5) is 37.8. The third-order valence-electron chi connectivity index (χ3n) is 9.96. The molecule has 6 heteroatoms. The maximum atomic E-state index is 12.7. The molecule has 0 aliphatic rings. The summed E-state index contributed by atoms with van der Waals surface area (Å²) in [5.41, 5.74) is 0. The van der Waals surface area contributed by atoms with E-state index in [1.807, 2.05) is 0 Å². The molecule has 0 bridgehead atoms. The van der Waals surface area contributed by atoms with Gasteiger partial charge in [0.2, 0.25) is 0 Å². The molecule has 0 fully saturated rings. The van der Waals surface area contributed by atoms with Gasteiger partial charge < -0.3 is 14.2 Å². The van der Waals surface area contributed by atoms with Crippen molar-refractivity contribution in [3.8, 4) is 0 Å². The number of ether oxygens (including phenoxy) is 3. The second-order valence-corrected chi connectivity index (χ2v) is 15.8. The molecular formula is C53H88O6. The number of carbonyl (C=O) groups is 3. The first-order chi connectivity index (χ1) is 29.0. The van der Waals surface area contributed by atoms with Crippen LogP contribution in [0.1, 0.15) is 213 Å². The molecule has 0 N–H and O–H groups in total. The highest BCUT2D eigenvalue weighted by atomic mass is 16.6. The molecule has 0 saturated heterocycles. The van der Waals surface area contributed by atoms with Crippen LogP contribution in [0.25, 0.3) is 0 Å². The molecule has 0 amide bonds. The minimum Gasteiger partial charge on any atom is -0.462 e. The van der Waals surface area contributed by atoms with E-state index in [0.29, 0.717) is 19.3 Å². The Morgan fingerprint density at radius 2 is 0.644 bits per heavy atom. The summed E-state index contributed by atoms with van der Waals surface area (Å²) in [6.45, 7) is 6.45. The molecule has 1 unspecified atom stereocenters. The Labute approximate surface area is 363 Å². The summed E-state index contributed by atoms with van der Waals surface area (Å²) < 4.78 is 16.7. The molecule has 0 heterocycles. The summed E-state index contributed by atoms with van der Waals surface area (Å²) in [5, 5.41) is 0. The highest BCUT2D eigenvalue weighted by Gasteiger charge is 2.19. The number of hydrogen-bond acceptors (Lipinski definition) is 6. The Kier molecular flexibility index (Phi) is 44.5. The average Bonchev–Trinajstić information content (AvgIpc) is 3.23. The van der Waals surface area contributed by atoms with Crippen LogP contribution in [0.2, 0.25) is 0 Å². The second-order valence-electron chi connectivity index (χ2n) is 15.8. The number of carbonyl (C=O) groups excluding carboxylic acids is 3. The van der Waals surface area contributed by atoms with Crippen molar-refractivity contribution >= 4 is 17.9 Å². The number of rotatable bonds is 42. The van der Waals surface area contributed by atoms with Crippen molar-refractivity contribution in [3.05, 3.63) is 85.1 Å². The van der Waals surface area contributed by atoms with E-state index in [2.05, 4.69) is 106 Å². The van der Waals surface area contributed by atoms with Crippen LogP contribution in [0.15, 0.2) is 85.1 Å². The van der Waals surface area contributed by atoms with Gasteiger partial charge >= 0.3 is 17.9 Å². The van der Waals surface area contributed by atoms with Crippen molar-refractivity contribution in [3.63, 3.8) is 0 Å². The lowest BCUT2D eigenvalue weighted by Crippen LogP contribution is -2.30. The van der Waals surface area contributed by atoms with E-state index in [1.54, 1.807) is 0 Å². The molecule has 0 aliphatic carbocycles. The van der Waals surface area contributed by atoms with E-state index in [9.17, 15) is 14.4 Å². The third-order valence-corrected chi connectivity index (χ3v) is 9.96. The molecule has 336 valence electrons. The highest BCUT2D eigenvalue weighted by Crippen LogP contribution is 2.13. The lowest BCUT2D eigenvalue weighted by atomic mass is 10.1. The maximum Gasteiger partial charge on any atom is 0.306 e. The first kappa shape index (κ1) is 55.6. The monoisotopic (exact) mass is 821 g/mol. The molecule has 6 nitrogen and oxygen atoms in total. The summed E-state index contributed by atoms with van der Waals surface area (Å²) in [6, 6.07) is 0. The van der Waals surface area contributed by atoms with Crippen LogP contribution in [0.3, 0.4) is 0 Å². The van der Waals surface area contributed by atoms with Crippen LogP contribution in [0.4, 0.5) is 0 Å². The molecule has 0 saturated carbocycles. The van der Waals surface area contributed by atoms with E-state index in [1.165, 1.54) is 64.2 Å². The molecule has 0 aromatic heterocycles. The van der Waals surface area contributed by atoms with Gasteiger partial charge in [0.25, 0.3) is 0 Å². The van der Waals surface area contributed by atoms with Gasteiger partial charge in [-0.2, -0.15) is 0 Å². The zero-order chi connectivity index (χ0) is 43.0. The summed E-state index contributed by atoms with van der Waals surface area (Å²) >= 11 is 0. The predicted molar refractivity (Wildman–Crippen MR) is 251 cm³/mol. The lowest BCUT2D eigenvalue weighted by Gasteiger charge is -2.18. The Balaban J connectivity index is 4.46. The van der Waals surface area contributed by atoms with Crippen molar-refractivity contribution < 1.29 is 28.6 Å². The van der Waals surface area contributed by atoms with Gasteiger partial charge in [0, 0.05) is 19.3 Å². The van der Waals surface area contributed by atoms with E-state index in [-0.39, 0.29) is 31.1 Å². The van der Waals surface area contributed by atoms with Gasteiger partial charge in [-0.15, -0.1) is 0 Å². The average molecular weight is 821 g/mol. The van der Waals surface area contributed by atoms with Crippen LogP contribution >= 0.6 is 0 Å². The van der Waals surface area contributed by atoms with Gasteiger partial charge in [-0.1, -0.05) is 189 Å². The van der Waals surface area contributed by atoms with Gasteiger partial charge in [0.1, 0.15) is 13.2 Å². The molecule has 1 atom stereocenters. The largest absolute Gasteiger partial charge is 0.462 e. The van der Waals surface area contributed by atoms with Crippen molar-refractivity contribution in [1.82, 2.24) is 0 Å². The van der Waals surface area contributed by atoms with E-state index >= 15 is 0 Å². The Bertz CT molecular complexity index is 1170. The fraction of sp³-hybridized carbons (Fsp3) is 0.679. The van der Waals surface area contributed by atoms with E-state index in [4.69, 9.17) is 14.2 Å². The Morgan fingerprint density at radius 3 is 1.08 bits per heavy atom. The smallest absolute Gasteiger partial charge is 0.306 e. The number of allylic oxidation sites excluding steroid dienone is 14. The minimum atomic E-state index is -0.800. The van der Waals surface area contributed by atoms with Gasteiger partial charge in [0.05, 0.1) is 0 Å². The van der Waals surface area contributed by atoms with Gasteiger partial charge in [-0.3, -0.25) is 14.4 Å².